The zero-order valence-electron chi connectivity index (χ0n) is 11.6. The van der Waals surface area contributed by atoms with Gasteiger partial charge in [-0.15, -0.1) is 0 Å². The van der Waals surface area contributed by atoms with Crippen molar-refractivity contribution in [1.82, 2.24) is 10.2 Å². The molecule has 0 radical (unpaired) electrons. The Labute approximate surface area is 101 Å². The van der Waals surface area contributed by atoms with E-state index in [0.29, 0.717) is 12.0 Å². The normalized spacial score (nSPS) is 20.4. The van der Waals surface area contributed by atoms with Crippen LogP contribution in [0.15, 0.2) is 12.2 Å². The van der Waals surface area contributed by atoms with Crippen LogP contribution < -0.4 is 5.32 Å². The van der Waals surface area contributed by atoms with Crippen LogP contribution in [0.25, 0.3) is 0 Å². The summed E-state index contributed by atoms with van der Waals surface area (Å²) in [5.74, 6) is 0.710. The molecular weight excluding hydrogens is 196 g/mol. The lowest BCUT2D eigenvalue weighted by molar-refractivity contribution is 0.156. The Kier molecular flexibility index (Phi) is 5.00. The molecule has 0 saturated carbocycles. The second kappa shape index (κ2) is 5.83. The van der Waals surface area contributed by atoms with E-state index in [2.05, 4.69) is 57.0 Å². The van der Waals surface area contributed by atoms with Gasteiger partial charge in [0.05, 0.1) is 0 Å². The average Bonchev–Trinajstić information content (AvgIpc) is 2.17. The Hall–Kier alpha value is -0.340. The Morgan fingerprint density at radius 3 is 2.38 bits per heavy atom. The van der Waals surface area contributed by atoms with Crippen molar-refractivity contribution in [3.05, 3.63) is 12.2 Å². The zero-order chi connectivity index (χ0) is 12.2. The van der Waals surface area contributed by atoms with Crippen molar-refractivity contribution in [2.24, 2.45) is 5.92 Å². The van der Waals surface area contributed by atoms with Crippen molar-refractivity contribution < 1.29 is 0 Å². The monoisotopic (exact) mass is 224 g/mol. The van der Waals surface area contributed by atoms with Crippen LogP contribution in [0.1, 0.15) is 41.0 Å². The van der Waals surface area contributed by atoms with Gasteiger partial charge in [-0.1, -0.05) is 26.0 Å². The second-order valence-electron chi connectivity index (χ2n) is 6.20. The second-order valence-corrected chi connectivity index (χ2v) is 6.20. The summed E-state index contributed by atoms with van der Waals surface area (Å²) < 4.78 is 0. The van der Waals surface area contributed by atoms with Crippen LogP contribution in [0.4, 0.5) is 0 Å². The minimum atomic E-state index is 0.221. The topological polar surface area (TPSA) is 15.3 Å². The molecule has 16 heavy (non-hydrogen) atoms. The predicted molar refractivity (Wildman–Crippen MR) is 71.7 cm³/mol. The lowest BCUT2D eigenvalue weighted by Crippen LogP contribution is -2.50. The molecule has 0 spiro atoms. The Morgan fingerprint density at radius 1 is 1.25 bits per heavy atom. The van der Waals surface area contributed by atoms with E-state index in [1.165, 1.54) is 13.0 Å². The van der Waals surface area contributed by atoms with Gasteiger partial charge in [0.2, 0.25) is 0 Å². The van der Waals surface area contributed by atoms with E-state index in [9.17, 15) is 0 Å². The van der Waals surface area contributed by atoms with E-state index in [0.717, 1.165) is 13.1 Å². The highest BCUT2D eigenvalue weighted by atomic mass is 15.2. The smallest absolute Gasteiger partial charge is 0.0247 e. The molecule has 0 aliphatic carbocycles. The maximum Gasteiger partial charge on any atom is 0.0247 e. The highest BCUT2D eigenvalue weighted by molar-refractivity contribution is 4.94. The predicted octanol–water partition coefficient (Wildman–Crippen LogP) is 2.66. The van der Waals surface area contributed by atoms with E-state index in [1.807, 2.05) is 0 Å². The summed E-state index contributed by atoms with van der Waals surface area (Å²) >= 11 is 0. The van der Waals surface area contributed by atoms with Gasteiger partial charge in [-0.05, 0) is 33.1 Å². The van der Waals surface area contributed by atoms with Crippen LogP contribution in [0.5, 0.6) is 0 Å². The van der Waals surface area contributed by atoms with Crippen molar-refractivity contribution in [3.8, 4) is 0 Å². The van der Waals surface area contributed by atoms with Crippen LogP contribution in [0, 0.1) is 5.92 Å². The number of hydrogen-bond donors (Lipinski definition) is 1. The Balaban J connectivity index is 2.50. The molecule has 0 aromatic rings. The van der Waals surface area contributed by atoms with Gasteiger partial charge >= 0.3 is 0 Å². The molecule has 0 aromatic heterocycles. The highest BCUT2D eigenvalue weighted by Gasteiger charge is 2.23. The van der Waals surface area contributed by atoms with Gasteiger partial charge in [0, 0.05) is 31.2 Å². The summed E-state index contributed by atoms with van der Waals surface area (Å²) in [4.78, 5) is 2.60. The van der Waals surface area contributed by atoms with Gasteiger partial charge in [0.25, 0.3) is 0 Å². The molecule has 2 heteroatoms. The molecule has 0 saturated heterocycles. The van der Waals surface area contributed by atoms with Gasteiger partial charge in [0.15, 0.2) is 0 Å². The summed E-state index contributed by atoms with van der Waals surface area (Å²) in [6.45, 7) is 14.8. The summed E-state index contributed by atoms with van der Waals surface area (Å²) in [6, 6.07) is 0.657. The molecule has 1 heterocycles. The van der Waals surface area contributed by atoms with Crippen LogP contribution >= 0.6 is 0 Å². The van der Waals surface area contributed by atoms with Crippen molar-refractivity contribution >= 4 is 0 Å². The molecule has 0 bridgehead atoms. The first-order chi connectivity index (χ1) is 7.40. The third-order valence-electron chi connectivity index (χ3n) is 3.17. The van der Waals surface area contributed by atoms with Crippen LogP contribution in [-0.4, -0.2) is 36.1 Å². The molecule has 1 N–H and O–H groups in total. The molecule has 1 aliphatic heterocycles. The van der Waals surface area contributed by atoms with E-state index in [1.54, 1.807) is 0 Å². The van der Waals surface area contributed by atoms with E-state index < -0.39 is 0 Å². The maximum absolute atomic E-state index is 3.63. The van der Waals surface area contributed by atoms with Crippen molar-refractivity contribution in [1.29, 1.82) is 0 Å². The van der Waals surface area contributed by atoms with Crippen molar-refractivity contribution in [3.63, 3.8) is 0 Å². The average molecular weight is 224 g/mol. The Morgan fingerprint density at radius 2 is 1.94 bits per heavy atom. The van der Waals surface area contributed by atoms with Gasteiger partial charge in [-0.3, -0.25) is 4.90 Å². The first kappa shape index (κ1) is 13.7. The molecule has 1 atom stereocenters. The van der Waals surface area contributed by atoms with Crippen LogP contribution in [0.3, 0.4) is 0 Å². The lowest BCUT2D eigenvalue weighted by Gasteiger charge is -2.37. The fourth-order valence-electron chi connectivity index (χ4n) is 2.16. The summed E-state index contributed by atoms with van der Waals surface area (Å²) in [7, 11) is 0. The molecular formula is C14H28N2. The third-order valence-corrected chi connectivity index (χ3v) is 3.17. The van der Waals surface area contributed by atoms with Gasteiger partial charge in [-0.2, -0.15) is 0 Å². The number of nitrogens with one attached hydrogen (secondary N) is 1. The fraction of sp³-hybridized carbons (Fsp3) is 0.857. The number of rotatable bonds is 4. The highest BCUT2D eigenvalue weighted by Crippen LogP contribution is 2.14. The van der Waals surface area contributed by atoms with Crippen molar-refractivity contribution in [2.75, 3.05) is 19.6 Å². The minimum Gasteiger partial charge on any atom is -0.311 e. The van der Waals surface area contributed by atoms with Gasteiger partial charge in [0.1, 0.15) is 0 Å². The molecule has 1 rings (SSSR count). The standard InChI is InChI=1S/C14H28N2/c1-12(2)13(11-15-14(3,4)5)16-9-7-6-8-10-16/h6-7,12-13,15H,8-11H2,1-5H3. The van der Waals surface area contributed by atoms with Crippen molar-refractivity contribution in [2.45, 2.75) is 52.6 Å². The third kappa shape index (κ3) is 4.67. The molecule has 94 valence electrons. The summed E-state index contributed by atoms with van der Waals surface area (Å²) in [5, 5.41) is 3.63. The van der Waals surface area contributed by atoms with E-state index in [4.69, 9.17) is 0 Å². The summed E-state index contributed by atoms with van der Waals surface area (Å²) in [6.07, 6.45) is 5.81. The van der Waals surface area contributed by atoms with Crippen LogP contribution in [-0.2, 0) is 0 Å². The SMILES string of the molecule is CC(C)C(CNC(C)(C)C)N1CC=CCC1. The first-order valence-corrected chi connectivity index (χ1v) is 6.54. The molecule has 1 unspecified atom stereocenters. The largest absolute Gasteiger partial charge is 0.311 e. The quantitative estimate of drug-likeness (QED) is 0.739. The first-order valence-electron chi connectivity index (χ1n) is 6.54. The number of hydrogen-bond acceptors (Lipinski definition) is 2. The van der Waals surface area contributed by atoms with E-state index >= 15 is 0 Å². The molecule has 0 aromatic carbocycles. The molecule has 0 amide bonds. The minimum absolute atomic E-state index is 0.221. The summed E-state index contributed by atoms with van der Waals surface area (Å²) in [5.41, 5.74) is 0.221. The molecule has 0 fully saturated rings. The molecule has 1 aliphatic rings. The van der Waals surface area contributed by atoms with Crippen LogP contribution in [0.2, 0.25) is 0 Å². The fourth-order valence-corrected chi connectivity index (χ4v) is 2.16. The molecule has 2 nitrogen and oxygen atoms in total. The van der Waals surface area contributed by atoms with Gasteiger partial charge < -0.3 is 5.32 Å². The number of nitrogens with zero attached hydrogens (tertiary/aromatic N) is 1. The van der Waals surface area contributed by atoms with E-state index in [-0.39, 0.29) is 5.54 Å². The lowest BCUT2D eigenvalue weighted by atomic mass is 9.99. The zero-order valence-corrected chi connectivity index (χ0v) is 11.6. The van der Waals surface area contributed by atoms with Gasteiger partial charge in [-0.25, -0.2) is 0 Å². The Bertz CT molecular complexity index is 225. The maximum atomic E-state index is 3.63.